The lowest BCUT2D eigenvalue weighted by atomic mass is 9.88. The number of aliphatic imine (C=N–C) groups is 1. The van der Waals surface area contributed by atoms with E-state index in [0.29, 0.717) is 17.5 Å². The number of carbonyl (C=O) groups excluding carboxylic acids is 1. The molecule has 1 aromatic heterocycles. The molecule has 2 heterocycles. The molecule has 1 aliphatic heterocycles. The van der Waals surface area contributed by atoms with Crippen LogP contribution in [0, 0.1) is 5.82 Å². The molecule has 0 bridgehead atoms. The Hall–Kier alpha value is -3.23. The number of ketones is 1. The summed E-state index contributed by atoms with van der Waals surface area (Å²) in [6.07, 6.45) is -2.49. The summed E-state index contributed by atoms with van der Waals surface area (Å²) in [6.45, 7) is 3.30. The van der Waals surface area contributed by atoms with Crippen LogP contribution in [0.15, 0.2) is 53.4 Å². The number of aromatic nitrogens is 1. The molecule has 152 valence electrons. The lowest BCUT2D eigenvalue weighted by Crippen LogP contribution is -2.30. The van der Waals surface area contributed by atoms with Crippen LogP contribution in [0.1, 0.15) is 41.0 Å². The number of allylic oxidation sites excluding steroid dienone is 1. The Labute approximate surface area is 163 Å². The molecule has 3 rings (SSSR count). The highest BCUT2D eigenvalue weighted by Crippen LogP contribution is 2.34. The van der Waals surface area contributed by atoms with Gasteiger partial charge in [-0.15, -0.1) is 0 Å². The van der Waals surface area contributed by atoms with Crippen molar-refractivity contribution in [2.75, 3.05) is 0 Å². The molecule has 1 atom stereocenters. The van der Waals surface area contributed by atoms with Crippen LogP contribution in [0.3, 0.4) is 0 Å². The van der Waals surface area contributed by atoms with Crippen molar-refractivity contribution in [1.82, 2.24) is 4.98 Å². The van der Waals surface area contributed by atoms with Crippen molar-refractivity contribution in [2.24, 2.45) is 10.7 Å². The van der Waals surface area contributed by atoms with E-state index in [4.69, 9.17) is 10.5 Å². The van der Waals surface area contributed by atoms with Crippen molar-refractivity contribution in [2.45, 2.75) is 32.0 Å². The van der Waals surface area contributed by atoms with Crippen molar-refractivity contribution in [3.8, 4) is 0 Å². The molecule has 5 nitrogen and oxygen atoms in total. The summed E-state index contributed by atoms with van der Waals surface area (Å²) in [5, 5.41) is 0. The minimum absolute atomic E-state index is 0.109. The second-order valence-corrected chi connectivity index (χ2v) is 6.80. The van der Waals surface area contributed by atoms with Gasteiger partial charge in [-0.3, -0.25) is 9.78 Å². The van der Waals surface area contributed by atoms with Crippen LogP contribution in [0.25, 0.3) is 0 Å². The van der Waals surface area contributed by atoms with Crippen LogP contribution in [0.5, 0.6) is 0 Å². The minimum Gasteiger partial charge on any atom is -0.431 e. The van der Waals surface area contributed by atoms with Crippen molar-refractivity contribution < 1.29 is 27.1 Å². The van der Waals surface area contributed by atoms with Gasteiger partial charge in [0.25, 0.3) is 6.02 Å². The SMILES string of the molecule is CC1=C[C@@](C)(c2cc(CC(=O)c3ccc(C(F)(F)F)cn3)ccc2F)N=C(N)O1. The van der Waals surface area contributed by atoms with Crippen LogP contribution in [-0.2, 0) is 22.9 Å². The lowest BCUT2D eigenvalue weighted by Gasteiger charge is -2.27. The second kappa shape index (κ2) is 7.31. The number of hydrogen-bond acceptors (Lipinski definition) is 5. The number of ether oxygens (including phenoxy) is 1. The van der Waals surface area contributed by atoms with Gasteiger partial charge in [-0.25, -0.2) is 9.38 Å². The summed E-state index contributed by atoms with van der Waals surface area (Å²) in [6, 6.07) is 5.81. The van der Waals surface area contributed by atoms with Gasteiger partial charge in [-0.2, -0.15) is 13.2 Å². The highest BCUT2D eigenvalue weighted by molar-refractivity contribution is 5.95. The summed E-state index contributed by atoms with van der Waals surface area (Å²) < 4.78 is 57.5. The molecule has 29 heavy (non-hydrogen) atoms. The first-order valence-corrected chi connectivity index (χ1v) is 8.56. The van der Waals surface area contributed by atoms with Crippen molar-refractivity contribution in [3.63, 3.8) is 0 Å². The topological polar surface area (TPSA) is 77.6 Å². The first-order chi connectivity index (χ1) is 13.5. The van der Waals surface area contributed by atoms with Crippen LogP contribution in [0.4, 0.5) is 17.6 Å². The zero-order chi connectivity index (χ0) is 21.4. The molecule has 0 saturated carbocycles. The maximum Gasteiger partial charge on any atom is 0.417 e. The standard InChI is InChI=1S/C20H17F4N3O2/c1-11-9-19(2,27-18(25)29-11)14-7-12(3-5-15(14)21)8-17(28)16-6-4-13(10-26-16)20(22,23)24/h3-7,9-10H,8H2,1-2H3,(H2,25,27)/t19-/m0/s1. The van der Waals surface area contributed by atoms with Gasteiger partial charge in [0, 0.05) is 18.2 Å². The monoisotopic (exact) mass is 407 g/mol. The summed E-state index contributed by atoms with van der Waals surface area (Å²) in [5.41, 5.74) is 4.12. The fraction of sp³-hybridized carbons (Fsp3) is 0.250. The number of amidine groups is 1. The molecular formula is C20H17F4N3O2. The van der Waals surface area contributed by atoms with E-state index in [1.54, 1.807) is 19.9 Å². The van der Waals surface area contributed by atoms with Gasteiger partial charge in [-0.1, -0.05) is 6.07 Å². The van der Waals surface area contributed by atoms with Gasteiger partial charge in [-0.05, 0) is 49.8 Å². The highest BCUT2D eigenvalue weighted by atomic mass is 19.4. The molecular weight excluding hydrogens is 390 g/mol. The van der Waals surface area contributed by atoms with Crippen molar-refractivity contribution in [1.29, 1.82) is 0 Å². The number of Topliss-reactive ketones (excluding diaryl/α,β-unsaturated/α-hetero) is 1. The van der Waals surface area contributed by atoms with Crippen LogP contribution in [-0.4, -0.2) is 16.8 Å². The van der Waals surface area contributed by atoms with E-state index >= 15 is 0 Å². The first kappa shape index (κ1) is 20.5. The number of halogens is 4. The zero-order valence-electron chi connectivity index (χ0n) is 15.5. The number of benzene rings is 1. The number of rotatable bonds is 4. The van der Waals surface area contributed by atoms with Crippen LogP contribution >= 0.6 is 0 Å². The molecule has 0 fully saturated rings. The molecule has 2 aromatic rings. The van der Waals surface area contributed by atoms with E-state index in [1.165, 1.54) is 18.2 Å². The highest BCUT2D eigenvalue weighted by Gasteiger charge is 2.32. The third-order valence-electron chi connectivity index (χ3n) is 4.41. The summed E-state index contributed by atoms with van der Waals surface area (Å²) in [4.78, 5) is 20.2. The second-order valence-electron chi connectivity index (χ2n) is 6.80. The Morgan fingerprint density at radius 2 is 1.97 bits per heavy atom. The van der Waals surface area contributed by atoms with E-state index in [2.05, 4.69) is 9.98 Å². The number of nitrogens with zero attached hydrogens (tertiary/aromatic N) is 2. The van der Waals surface area contributed by atoms with Gasteiger partial charge in [0.1, 0.15) is 22.8 Å². The van der Waals surface area contributed by atoms with E-state index in [1.807, 2.05) is 0 Å². The van der Waals surface area contributed by atoms with Crippen molar-refractivity contribution in [3.05, 3.63) is 76.6 Å². The normalized spacial score (nSPS) is 19.2. The quantitative estimate of drug-likeness (QED) is 0.611. The first-order valence-electron chi connectivity index (χ1n) is 8.56. The van der Waals surface area contributed by atoms with Gasteiger partial charge in [0.15, 0.2) is 5.78 Å². The van der Waals surface area contributed by atoms with Gasteiger partial charge >= 0.3 is 6.18 Å². The molecule has 9 heteroatoms. The summed E-state index contributed by atoms with van der Waals surface area (Å²) in [7, 11) is 0. The molecule has 1 aliphatic rings. The number of nitrogens with two attached hydrogens (primary N) is 1. The number of carbonyl (C=O) groups is 1. The van der Waals surface area contributed by atoms with Gasteiger partial charge < -0.3 is 10.5 Å². The molecule has 2 N–H and O–H groups in total. The van der Waals surface area contributed by atoms with E-state index in [-0.39, 0.29) is 23.7 Å². The minimum atomic E-state index is -4.53. The Bertz CT molecular complexity index is 993. The third-order valence-corrected chi connectivity index (χ3v) is 4.41. The summed E-state index contributed by atoms with van der Waals surface area (Å²) >= 11 is 0. The Balaban J connectivity index is 1.87. The zero-order valence-corrected chi connectivity index (χ0v) is 15.5. The van der Waals surface area contributed by atoms with E-state index < -0.39 is 28.9 Å². The molecule has 0 unspecified atom stereocenters. The Morgan fingerprint density at radius 3 is 2.55 bits per heavy atom. The number of alkyl halides is 3. The molecule has 0 radical (unpaired) electrons. The largest absolute Gasteiger partial charge is 0.431 e. The van der Waals surface area contributed by atoms with E-state index in [0.717, 1.165) is 12.1 Å². The van der Waals surface area contributed by atoms with Crippen LogP contribution < -0.4 is 5.73 Å². The van der Waals surface area contributed by atoms with Gasteiger partial charge in [0.2, 0.25) is 0 Å². The lowest BCUT2D eigenvalue weighted by molar-refractivity contribution is -0.137. The average molecular weight is 407 g/mol. The maximum absolute atomic E-state index is 14.5. The van der Waals surface area contributed by atoms with Crippen LogP contribution in [0.2, 0.25) is 0 Å². The van der Waals surface area contributed by atoms with Crippen molar-refractivity contribution >= 4 is 11.8 Å². The number of hydrogen-bond donors (Lipinski definition) is 1. The van der Waals surface area contributed by atoms with Gasteiger partial charge in [0.05, 0.1) is 5.56 Å². The predicted octanol–water partition coefficient (Wildman–Crippen LogP) is 4.13. The molecule has 0 saturated heterocycles. The van der Waals surface area contributed by atoms with E-state index in [9.17, 15) is 22.4 Å². The Morgan fingerprint density at radius 1 is 1.24 bits per heavy atom. The molecule has 1 aromatic carbocycles. The predicted molar refractivity (Wildman–Crippen MR) is 97.5 cm³/mol. The molecule has 0 aliphatic carbocycles. The maximum atomic E-state index is 14.5. The fourth-order valence-electron chi connectivity index (χ4n) is 3.08. The molecule has 0 amide bonds. The number of pyridine rings is 1. The third kappa shape index (κ3) is 4.44. The Kier molecular flexibility index (Phi) is 5.16. The smallest absolute Gasteiger partial charge is 0.417 e. The summed E-state index contributed by atoms with van der Waals surface area (Å²) in [5.74, 6) is -0.586. The average Bonchev–Trinajstić information content (AvgIpc) is 2.61. The molecule has 0 spiro atoms. The fourth-order valence-corrected chi connectivity index (χ4v) is 3.08.